The van der Waals surface area contributed by atoms with Crippen LogP contribution in [-0.4, -0.2) is 42.8 Å². The molecule has 0 aliphatic heterocycles. The summed E-state index contributed by atoms with van der Waals surface area (Å²) in [6, 6.07) is 0. The largest absolute Gasteiger partial charge is 0.469 e. The number of alkyl carbamates (subject to hydrolysis) is 1. The molecule has 20 heavy (non-hydrogen) atoms. The van der Waals surface area contributed by atoms with Crippen LogP contribution >= 0.6 is 11.8 Å². The number of methoxy groups -OCH3 is 1. The Morgan fingerprint density at radius 2 is 1.90 bits per heavy atom. The van der Waals surface area contributed by atoms with Crippen LogP contribution in [0, 0.1) is 0 Å². The molecule has 0 spiro atoms. The lowest BCUT2D eigenvalue weighted by Gasteiger charge is -2.19. The first-order valence-electron chi connectivity index (χ1n) is 6.61. The van der Waals surface area contributed by atoms with E-state index in [-0.39, 0.29) is 5.97 Å². The third-order valence-electron chi connectivity index (χ3n) is 2.04. The van der Waals surface area contributed by atoms with E-state index in [2.05, 4.69) is 10.1 Å². The van der Waals surface area contributed by atoms with Gasteiger partial charge in [0.15, 0.2) is 0 Å². The molecule has 0 heterocycles. The SMILES string of the molecule is COC(=O)CCSCCC=CCNC(=O)OC(C)(C)C. The summed E-state index contributed by atoms with van der Waals surface area (Å²) in [4.78, 5) is 22.2. The third kappa shape index (κ3) is 13.3. The molecule has 0 atom stereocenters. The number of thioether (sulfide) groups is 1. The monoisotopic (exact) mass is 303 g/mol. The molecule has 0 aliphatic rings. The van der Waals surface area contributed by atoms with Crippen LogP contribution in [0.1, 0.15) is 33.6 Å². The fraction of sp³-hybridized carbons (Fsp3) is 0.714. The Kier molecular flexibility index (Phi) is 9.98. The summed E-state index contributed by atoms with van der Waals surface area (Å²) in [6.45, 7) is 5.94. The fourth-order valence-corrected chi connectivity index (χ4v) is 1.99. The molecule has 0 radical (unpaired) electrons. The number of nitrogens with one attached hydrogen (secondary N) is 1. The molecule has 6 heteroatoms. The zero-order valence-electron chi connectivity index (χ0n) is 12.7. The van der Waals surface area contributed by atoms with Crippen molar-refractivity contribution in [1.82, 2.24) is 5.32 Å². The van der Waals surface area contributed by atoms with E-state index in [0.717, 1.165) is 17.9 Å². The Labute approximate surface area is 125 Å². The average Bonchev–Trinajstić information content (AvgIpc) is 2.34. The van der Waals surface area contributed by atoms with Crippen molar-refractivity contribution in [3.63, 3.8) is 0 Å². The van der Waals surface area contributed by atoms with Gasteiger partial charge in [-0.3, -0.25) is 4.79 Å². The van der Waals surface area contributed by atoms with Crippen molar-refractivity contribution < 1.29 is 19.1 Å². The Morgan fingerprint density at radius 1 is 1.20 bits per heavy atom. The van der Waals surface area contributed by atoms with Crippen molar-refractivity contribution >= 4 is 23.8 Å². The number of amides is 1. The number of ether oxygens (including phenoxy) is 2. The molecule has 0 unspecified atom stereocenters. The van der Waals surface area contributed by atoms with Crippen LogP contribution < -0.4 is 5.32 Å². The van der Waals surface area contributed by atoms with Crippen LogP contribution in [0.25, 0.3) is 0 Å². The smallest absolute Gasteiger partial charge is 0.407 e. The molecular weight excluding hydrogens is 278 g/mol. The second-order valence-corrected chi connectivity index (χ2v) is 6.31. The molecular formula is C14H25NO4S. The van der Waals surface area contributed by atoms with Gasteiger partial charge in [0, 0.05) is 12.3 Å². The Balaban J connectivity index is 3.45. The van der Waals surface area contributed by atoms with Gasteiger partial charge in [-0.15, -0.1) is 0 Å². The van der Waals surface area contributed by atoms with E-state index in [0.29, 0.717) is 13.0 Å². The number of carbonyl (C=O) groups excluding carboxylic acids is 2. The second-order valence-electron chi connectivity index (χ2n) is 5.08. The van der Waals surface area contributed by atoms with Gasteiger partial charge in [0.05, 0.1) is 13.5 Å². The second kappa shape index (κ2) is 10.6. The molecule has 0 bridgehead atoms. The van der Waals surface area contributed by atoms with Gasteiger partial charge < -0.3 is 14.8 Å². The van der Waals surface area contributed by atoms with E-state index in [4.69, 9.17) is 4.74 Å². The maximum absolute atomic E-state index is 11.3. The normalized spacial score (nSPS) is 11.4. The summed E-state index contributed by atoms with van der Waals surface area (Å²) in [5.41, 5.74) is -0.468. The molecule has 116 valence electrons. The molecule has 5 nitrogen and oxygen atoms in total. The minimum Gasteiger partial charge on any atom is -0.469 e. The van der Waals surface area contributed by atoms with Gasteiger partial charge in [-0.1, -0.05) is 12.2 Å². The number of carbonyl (C=O) groups is 2. The van der Waals surface area contributed by atoms with Crippen molar-refractivity contribution in [2.24, 2.45) is 0 Å². The van der Waals surface area contributed by atoms with Gasteiger partial charge in [-0.05, 0) is 32.9 Å². The fourth-order valence-electron chi connectivity index (χ4n) is 1.17. The Hall–Kier alpha value is -1.17. The topological polar surface area (TPSA) is 64.6 Å². The van der Waals surface area contributed by atoms with Crippen molar-refractivity contribution in [3.8, 4) is 0 Å². The van der Waals surface area contributed by atoms with E-state index in [1.807, 2.05) is 32.9 Å². The molecule has 0 aliphatic carbocycles. The molecule has 0 aromatic carbocycles. The molecule has 1 N–H and O–H groups in total. The van der Waals surface area contributed by atoms with Crippen LogP contribution in [0.4, 0.5) is 4.79 Å². The first-order valence-corrected chi connectivity index (χ1v) is 7.77. The molecule has 0 rings (SSSR count). The number of allylic oxidation sites excluding steroid dienone is 1. The van der Waals surface area contributed by atoms with E-state index >= 15 is 0 Å². The van der Waals surface area contributed by atoms with Crippen molar-refractivity contribution in [1.29, 1.82) is 0 Å². The molecule has 0 aromatic heterocycles. The Bertz CT molecular complexity index is 324. The van der Waals surface area contributed by atoms with Gasteiger partial charge in [0.25, 0.3) is 0 Å². The lowest BCUT2D eigenvalue weighted by molar-refractivity contribution is -0.140. The molecule has 0 aromatic rings. The summed E-state index contributed by atoms with van der Waals surface area (Å²) in [7, 11) is 1.40. The van der Waals surface area contributed by atoms with Crippen LogP contribution in [0.3, 0.4) is 0 Å². The standard InChI is InChI=1S/C14H25NO4S/c1-14(2,3)19-13(17)15-9-6-5-7-10-20-11-8-12(16)18-4/h5-6H,7-11H2,1-4H3,(H,15,17). The molecule has 1 amide bonds. The summed E-state index contributed by atoms with van der Waals surface area (Å²) >= 11 is 1.71. The highest BCUT2D eigenvalue weighted by atomic mass is 32.2. The highest BCUT2D eigenvalue weighted by molar-refractivity contribution is 7.99. The zero-order valence-corrected chi connectivity index (χ0v) is 13.5. The predicted octanol–water partition coefficient (Wildman–Crippen LogP) is 2.75. The lowest BCUT2D eigenvalue weighted by atomic mass is 10.2. The number of rotatable bonds is 8. The number of hydrogen-bond donors (Lipinski definition) is 1. The molecule has 0 saturated carbocycles. The first-order chi connectivity index (χ1) is 9.35. The molecule has 0 fully saturated rings. The van der Waals surface area contributed by atoms with Gasteiger partial charge in [0.2, 0.25) is 0 Å². The highest BCUT2D eigenvalue weighted by Gasteiger charge is 2.14. The van der Waals surface area contributed by atoms with Crippen LogP contribution in [0.2, 0.25) is 0 Å². The van der Waals surface area contributed by atoms with Crippen LogP contribution in [0.5, 0.6) is 0 Å². The van der Waals surface area contributed by atoms with Gasteiger partial charge in [0.1, 0.15) is 5.60 Å². The van der Waals surface area contributed by atoms with Crippen LogP contribution in [0.15, 0.2) is 12.2 Å². The predicted molar refractivity (Wildman–Crippen MR) is 82.0 cm³/mol. The average molecular weight is 303 g/mol. The third-order valence-corrected chi connectivity index (χ3v) is 3.05. The van der Waals surface area contributed by atoms with Gasteiger partial charge >= 0.3 is 12.1 Å². The maximum Gasteiger partial charge on any atom is 0.407 e. The first kappa shape index (κ1) is 18.8. The lowest BCUT2D eigenvalue weighted by Crippen LogP contribution is -2.32. The summed E-state index contributed by atoms with van der Waals surface area (Å²) in [5.74, 6) is 1.55. The van der Waals surface area contributed by atoms with Crippen molar-refractivity contribution in [2.45, 2.75) is 39.2 Å². The summed E-state index contributed by atoms with van der Waals surface area (Å²) in [5, 5.41) is 2.65. The van der Waals surface area contributed by atoms with E-state index < -0.39 is 11.7 Å². The number of esters is 1. The van der Waals surface area contributed by atoms with E-state index in [1.54, 1.807) is 11.8 Å². The minimum absolute atomic E-state index is 0.172. The zero-order chi connectivity index (χ0) is 15.4. The van der Waals surface area contributed by atoms with Crippen LogP contribution in [-0.2, 0) is 14.3 Å². The molecule has 0 saturated heterocycles. The highest BCUT2D eigenvalue weighted by Crippen LogP contribution is 2.06. The minimum atomic E-state index is -0.468. The Morgan fingerprint density at radius 3 is 2.50 bits per heavy atom. The van der Waals surface area contributed by atoms with E-state index in [1.165, 1.54) is 7.11 Å². The number of hydrogen-bond acceptors (Lipinski definition) is 5. The van der Waals surface area contributed by atoms with Crippen molar-refractivity contribution in [3.05, 3.63) is 12.2 Å². The quantitative estimate of drug-likeness (QED) is 0.424. The maximum atomic E-state index is 11.3. The summed E-state index contributed by atoms with van der Waals surface area (Å²) in [6.07, 6.45) is 4.84. The van der Waals surface area contributed by atoms with Gasteiger partial charge in [-0.25, -0.2) is 4.79 Å². The van der Waals surface area contributed by atoms with Gasteiger partial charge in [-0.2, -0.15) is 11.8 Å². The summed E-state index contributed by atoms with van der Waals surface area (Å²) < 4.78 is 9.65. The van der Waals surface area contributed by atoms with E-state index in [9.17, 15) is 9.59 Å². The van der Waals surface area contributed by atoms with Crippen molar-refractivity contribution in [2.75, 3.05) is 25.2 Å².